The summed E-state index contributed by atoms with van der Waals surface area (Å²) >= 11 is 0. The number of nitrogens with zero attached hydrogens (tertiary/aromatic N) is 1. The highest BCUT2D eigenvalue weighted by Gasteiger charge is 2.29. The molecule has 1 unspecified atom stereocenters. The van der Waals surface area contributed by atoms with Crippen molar-refractivity contribution >= 4 is 5.91 Å². The van der Waals surface area contributed by atoms with Crippen molar-refractivity contribution < 1.29 is 9.21 Å². The third-order valence-electron chi connectivity index (χ3n) is 3.82. The second kappa shape index (κ2) is 5.69. The molecule has 2 aromatic rings. The molecule has 0 saturated heterocycles. The Hall–Kier alpha value is -2.14. The lowest BCUT2D eigenvalue weighted by Gasteiger charge is -2.11. The SMILES string of the molecule is Cc1ccc(-c2ocnc2C(=O)NCC(N)C2CC2)cc1. The first kappa shape index (κ1) is 13.8. The lowest BCUT2D eigenvalue weighted by atomic mass is 10.1. The number of oxazole rings is 1. The van der Waals surface area contributed by atoms with Crippen molar-refractivity contribution in [2.75, 3.05) is 6.54 Å². The van der Waals surface area contributed by atoms with Crippen LogP contribution in [0.5, 0.6) is 0 Å². The molecule has 1 aromatic heterocycles. The Morgan fingerprint density at radius 1 is 1.43 bits per heavy atom. The largest absolute Gasteiger partial charge is 0.443 e. The van der Waals surface area contributed by atoms with Gasteiger partial charge in [-0.2, -0.15) is 0 Å². The van der Waals surface area contributed by atoms with E-state index in [-0.39, 0.29) is 11.9 Å². The molecule has 110 valence electrons. The van der Waals surface area contributed by atoms with Gasteiger partial charge in [0, 0.05) is 18.2 Å². The van der Waals surface area contributed by atoms with Crippen LogP contribution in [-0.4, -0.2) is 23.5 Å². The quantitative estimate of drug-likeness (QED) is 0.881. The van der Waals surface area contributed by atoms with Gasteiger partial charge in [-0.25, -0.2) is 4.98 Å². The Morgan fingerprint density at radius 2 is 2.14 bits per heavy atom. The fraction of sp³-hybridized carbons (Fsp3) is 0.375. The molecule has 21 heavy (non-hydrogen) atoms. The second-order valence-electron chi connectivity index (χ2n) is 5.61. The maximum Gasteiger partial charge on any atom is 0.273 e. The summed E-state index contributed by atoms with van der Waals surface area (Å²) in [5, 5.41) is 2.84. The standard InChI is InChI=1S/C16H19N3O2/c1-10-2-4-12(5-3-10)15-14(19-9-21-15)16(20)18-8-13(17)11-6-7-11/h2-5,9,11,13H,6-8,17H2,1H3,(H,18,20). The van der Waals surface area contributed by atoms with Crippen LogP contribution in [0.4, 0.5) is 0 Å². The normalized spacial score (nSPS) is 15.7. The van der Waals surface area contributed by atoms with Crippen LogP contribution in [-0.2, 0) is 0 Å². The van der Waals surface area contributed by atoms with Crippen LogP contribution >= 0.6 is 0 Å². The number of hydrogen-bond acceptors (Lipinski definition) is 4. The van der Waals surface area contributed by atoms with E-state index in [0.717, 1.165) is 24.0 Å². The summed E-state index contributed by atoms with van der Waals surface area (Å²) < 4.78 is 5.38. The Balaban J connectivity index is 1.71. The van der Waals surface area contributed by atoms with Crippen molar-refractivity contribution in [3.8, 4) is 11.3 Å². The average molecular weight is 285 g/mol. The van der Waals surface area contributed by atoms with Gasteiger partial charge in [0.25, 0.3) is 5.91 Å². The molecule has 3 N–H and O–H groups in total. The molecule has 5 nitrogen and oxygen atoms in total. The zero-order valence-electron chi connectivity index (χ0n) is 12.0. The van der Waals surface area contributed by atoms with Crippen molar-refractivity contribution in [2.24, 2.45) is 11.7 Å². The van der Waals surface area contributed by atoms with E-state index in [9.17, 15) is 4.79 Å². The van der Waals surface area contributed by atoms with Crippen LogP contribution in [0.2, 0.25) is 0 Å². The first-order valence-electron chi connectivity index (χ1n) is 7.19. The lowest BCUT2D eigenvalue weighted by Crippen LogP contribution is -2.38. The summed E-state index contributed by atoms with van der Waals surface area (Å²) in [5.74, 6) is 0.807. The summed E-state index contributed by atoms with van der Waals surface area (Å²) in [7, 11) is 0. The summed E-state index contributed by atoms with van der Waals surface area (Å²) in [6.45, 7) is 2.49. The van der Waals surface area contributed by atoms with Crippen molar-refractivity contribution in [2.45, 2.75) is 25.8 Å². The van der Waals surface area contributed by atoms with E-state index in [1.165, 1.54) is 6.39 Å². The van der Waals surface area contributed by atoms with E-state index >= 15 is 0 Å². The van der Waals surface area contributed by atoms with Crippen LogP contribution in [0.15, 0.2) is 35.1 Å². The summed E-state index contributed by atoms with van der Waals surface area (Å²) in [4.78, 5) is 16.3. The zero-order chi connectivity index (χ0) is 14.8. The van der Waals surface area contributed by atoms with E-state index < -0.39 is 0 Å². The van der Waals surface area contributed by atoms with Crippen LogP contribution < -0.4 is 11.1 Å². The van der Waals surface area contributed by atoms with Crippen molar-refractivity contribution in [1.29, 1.82) is 0 Å². The smallest absolute Gasteiger partial charge is 0.273 e. The highest BCUT2D eigenvalue weighted by molar-refractivity contribution is 5.97. The molecule has 1 heterocycles. The number of nitrogens with two attached hydrogens (primary N) is 1. The summed E-state index contributed by atoms with van der Waals surface area (Å²) in [6.07, 6.45) is 3.62. The number of carbonyl (C=O) groups is 1. The molecule has 5 heteroatoms. The number of carbonyl (C=O) groups excluding carboxylic acids is 1. The molecule has 1 aromatic carbocycles. The van der Waals surface area contributed by atoms with Gasteiger partial charge >= 0.3 is 0 Å². The highest BCUT2D eigenvalue weighted by atomic mass is 16.3. The lowest BCUT2D eigenvalue weighted by molar-refractivity contribution is 0.0946. The molecule has 3 rings (SSSR count). The maximum absolute atomic E-state index is 12.2. The summed E-state index contributed by atoms with van der Waals surface area (Å²) in [5.41, 5.74) is 8.29. The van der Waals surface area contributed by atoms with Gasteiger partial charge in [-0.05, 0) is 25.7 Å². The minimum atomic E-state index is -0.240. The molecule has 0 radical (unpaired) electrons. The Morgan fingerprint density at radius 3 is 2.81 bits per heavy atom. The minimum absolute atomic E-state index is 0.0312. The molecule has 1 atom stereocenters. The Labute approximate surface area is 123 Å². The topological polar surface area (TPSA) is 81.2 Å². The molecule has 0 aliphatic heterocycles. The number of nitrogens with one attached hydrogen (secondary N) is 1. The monoisotopic (exact) mass is 285 g/mol. The van der Waals surface area contributed by atoms with Gasteiger partial charge in [0.05, 0.1) is 0 Å². The fourth-order valence-electron chi connectivity index (χ4n) is 2.30. The van der Waals surface area contributed by atoms with Crippen molar-refractivity contribution in [3.63, 3.8) is 0 Å². The van der Waals surface area contributed by atoms with Gasteiger partial charge in [-0.15, -0.1) is 0 Å². The molecule has 1 aliphatic rings. The molecule has 1 aliphatic carbocycles. The van der Waals surface area contributed by atoms with E-state index in [2.05, 4.69) is 10.3 Å². The van der Waals surface area contributed by atoms with Crippen LogP contribution in [0.3, 0.4) is 0 Å². The van der Waals surface area contributed by atoms with Gasteiger partial charge in [0.2, 0.25) is 0 Å². The Kier molecular flexibility index (Phi) is 3.75. The second-order valence-corrected chi connectivity index (χ2v) is 5.61. The third-order valence-corrected chi connectivity index (χ3v) is 3.82. The first-order chi connectivity index (χ1) is 10.1. The van der Waals surface area contributed by atoms with Crippen molar-refractivity contribution in [3.05, 3.63) is 41.9 Å². The van der Waals surface area contributed by atoms with E-state index in [1.54, 1.807) is 0 Å². The molecule has 1 amide bonds. The Bertz CT molecular complexity index is 629. The maximum atomic E-state index is 12.2. The number of aryl methyl sites for hydroxylation is 1. The van der Waals surface area contributed by atoms with Crippen LogP contribution in [0.25, 0.3) is 11.3 Å². The summed E-state index contributed by atoms with van der Waals surface area (Å²) in [6, 6.07) is 7.82. The van der Waals surface area contributed by atoms with Gasteiger partial charge in [0.1, 0.15) is 0 Å². The predicted octanol–water partition coefficient (Wildman–Crippen LogP) is 2.12. The first-order valence-corrected chi connectivity index (χ1v) is 7.19. The molecule has 1 fully saturated rings. The number of aromatic nitrogens is 1. The van der Waals surface area contributed by atoms with Gasteiger partial charge in [-0.1, -0.05) is 29.8 Å². The number of benzene rings is 1. The van der Waals surface area contributed by atoms with Gasteiger partial charge < -0.3 is 15.5 Å². The molecular weight excluding hydrogens is 266 g/mol. The van der Waals surface area contributed by atoms with Crippen LogP contribution in [0.1, 0.15) is 28.9 Å². The minimum Gasteiger partial charge on any atom is -0.443 e. The third kappa shape index (κ3) is 3.13. The molecule has 0 bridgehead atoms. The van der Waals surface area contributed by atoms with Gasteiger partial charge in [0.15, 0.2) is 17.8 Å². The van der Waals surface area contributed by atoms with Crippen LogP contribution in [0, 0.1) is 12.8 Å². The highest BCUT2D eigenvalue weighted by Crippen LogP contribution is 2.31. The fourth-order valence-corrected chi connectivity index (χ4v) is 2.30. The van der Waals surface area contributed by atoms with E-state index in [4.69, 9.17) is 10.2 Å². The molecular formula is C16H19N3O2. The predicted molar refractivity (Wildman–Crippen MR) is 79.7 cm³/mol. The molecule has 1 saturated carbocycles. The number of hydrogen-bond donors (Lipinski definition) is 2. The van der Waals surface area contributed by atoms with E-state index in [0.29, 0.717) is 23.9 Å². The average Bonchev–Trinajstić information content (AvgIpc) is 3.23. The molecule has 0 spiro atoms. The number of amides is 1. The zero-order valence-corrected chi connectivity index (χ0v) is 12.0. The van der Waals surface area contributed by atoms with Gasteiger partial charge in [-0.3, -0.25) is 4.79 Å². The number of rotatable bonds is 5. The van der Waals surface area contributed by atoms with Crippen molar-refractivity contribution in [1.82, 2.24) is 10.3 Å². The van der Waals surface area contributed by atoms with E-state index in [1.807, 2.05) is 31.2 Å².